The Balaban J connectivity index is 2.02. The fourth-order valence-electron chi connectivity index (χ4n) is 3.06. The maximum atomic E-state index is 13.1. The number of ether oxygens (including phenoxy) is 1. The van der Waals surface area contributed by atoms with E-state index < -0.39 is 29.2 Å². The van der Waals surface area contributed by atoms with Gasteiger partial charge < -0.3 is 4.74 Å². The minimum Gasteiger partial charge on any atom is -0.461 e. The summed E-state index contributed by atoms with van der Waals surface area (Å²) in [4.78, 5) is 50.7. The number of imide groups is 1. The van der Waals surface area contributed by atoms with Crippen LogP contribution in [0.4, 0.5) is 5.69 Å². The lowest BCUT2D eigenvalue weighted by molar-refractivity contribution is -0.144. The maximum absolute atomic E-state index is 13.1. The Hall–Kier alpha value is -2.87. The van der Waals surface area contributed by atoms with Crippen molar-refractivity contribution < 1.29 is 23.9 Å². The summed E-state index contributed by atoms with van der Waals surface area (Å²) in [6.45, 7) is 3.01. The first-order chi connectivity index (χ1) is 12.3. The summed E-state index contributed by atoms with van der Waals surface area (Å²) < 4.78 is 4.91. The molecule has 8 nitrogen and oxygen atoms in total. The van der Waals surface area contributed by atoms with Gasteiger partial charge in [-0.25, -0.2) is 14.7 Å². The summed E-state index contributed by atoms with van der Waals surface area (Å²) in [6, 6.07) is 6.18. The van der Waals surface area contributed by atoms with Gasteiger partial charge >= 0.3 is 5.97 Å². The number of hydrogen-bond acceptors (Lipinski definition) is 6. The summed E-state index contributed by atoms with van der Waals surface area (Å²) in [6.07, 6.45) is 0.993. The molecule has 3 amide bonds. The van der Waals surface area contributed by atoms with Crippen LogP contribution in [-0.2, 0) is 23.9 Å². The van der Waals surface area contributed by atoms with Gasteiger partial charge in [0.05, 0.1) is 18.7 Å². The zero-order valence-electron chi connectivity index (χ0n) is 14.1. The first-order valence-corrected chi connectivity index (χ1v) is 8.28. The van der Waals surface area contributed by atoms with Crippen LogP contribution in [0.2, 0.25) is 5.02 Å². The normalized spacial score (nSPS) is 21.9. The van der Waals surface area contributed by atoms with Gasteiger partial charge in [0.2, 0.25) is 11.8 Å². The number of hydrazine groups is 1. The van der Waals surface area contributed by atoms with Crippen molar-refractivity contribution in [1.29, 1.82) is 0 Å². The van der Waals surface area contributed by atoms with E-state index in [1.165, 1.54) is 25.1 Å². The van der Waals surface area contributed by atoms with Gasteiger partial charge in [0.15, 0.2) is 5.54 Å². The highest BCUT2D eigenvalue weighted by molar-refractivity contribution is 6.31. The van der Waals surface area contributed by atoms with Crippen LogP contribution < -0.4 is 10.3 Å². The van der Waals surface area contributed by atoms with E-state index in [2.05, 4.69) is 5.43 Å². The molecule has 9 heteroatoms. The molecule has 1 saturated heterocycles. The number of carbonyl (C=O) groups excluding carboxylic acids is 4. The second-order valence-corrected chi connectivity index (χ2v) is 6.29. The second-order valence-electron chi connectivity index (χ2n) is 5.86. The summed E-state index contributed by atoms with van der Waals surface area (Å²) in [5.41, 5.74) is 1.26. The molecular weight excluding hydrogens is 362 g/mol. The van der Waals surface area contributed by atoms with Crippen molar-refractivity contribution in [3.05, 3.63) is 41.1 Å². The molecule has 26 heavy (non-hydrogen) atoms. The van der Waals surface area contributed by atoms with E-state index in [1.54, 1.807) is 19.1 Å². The third-order valence-corrected chi connectivity index (χ3v) is 4.40. The van der Waals surface area contributed by atoms with Crippen molar-refractivity contribution in [3.63, 3.8) is 0 Å². The predicted molar refractivity (Wildman–Crippen MR) is 91.7 cm³/mol. The van der Waals surface area contributed by atoms with E-state index in [4.69, 9.17) is 16.3 Å². The minimum absolute atomic E-state index is 0.0545. The van der Waals surface area contributed by atoms with Gasteiger partial charge in [-0.1, -0.05) is 11.6 Å². The number of anilines is 1. The van der Waals surface area contributed by atoms with Crippen molar-refractivity contribution in [2.24, 2.45) is 0 Å². The lowest BCUT2D eigenvalue weighted by atomic mass is 9.96. The molecule has 2 aliphatic heterocycles. The van der Waals surface area contributed by atoms with Crippen molar-refractivity contribution in [2.45, 2.75) is 25.8 Å². The lowest BCUT2D eigenvalue weighted by Gasteiger charge is -2.30. The van der Waals surface area contributed by atoms with E-state index in [-0.39, 0.29) is 18.7 Å². The summed E-state index contributed by atoms with van der Waals surface area (Å²) in [5.74, 6) is -2.35. The average molecular weight is 378 g/mol. The van der Waals surface area contributed by atoms with Crippen molar-refractivity contribution >= 4 is 41.0 Å². The summed E-state index contributed by atoms with van der Waals surface area (Å²) in [7, 11) is 0. The molecule has 1 atom stereocenters. The molecule has 1 spiro atoms. The van der Waals surface area contributed by atoms with Crippen LogP contribution in [0.3, 0.4) is 0 Å². The molecule has 0 aromatic heterocycles. The zero-order chi connectivity index (χ0) is 19.1. The Morgan fingerprint density at radius 1 is 1.27 bits per heavy atom. The summed E-state index contributed by atoms with van der Waals surface area (Å²) in [5, 5.41) is 1.45. The Morgan fingerprint density at radius 3 is 2.50 bits per heavy atom. The molecule has 3 rings (SSSR count). The molecule has 0 aliphatic carbocycles. The molecule has 136 valence electrons. The third-order valence-electron chi connectivity index (χ3n) is 4.15. The molecular formula is C17H16ClN3O5. The number of nitrogens with zero attached hydrogens (tertiary/aromatic N) is 2. The third kappa shape index (κ3) is 2.72. The first-order valence-electron chi connectivity index (χ1n) is 7.90. The topological polar surface area (TPSA) is 96.0 Å². The minimum atomic E-state index is -1.61. The van der Waals surface area contributed by atoms with Gasteiger partial charge in [-0.3, -0.25) is 19.8 Å². The molecule has 0 bridgehead atoms. The first kappa shape index (κ1) is 17.9. The SMILES string of the molecule is CCOC(=O)C1=C[C@]2(CC(=O)N(c3ccc(Cl)cc3)C2=O)N(C(C)=O)N1. The van der Waals surface area contributed by atoms with Crippen LogP contribution in [0.25, 0.3) is 0 Å². The predicted octanol–water partition coefficient (Wildman–Crippen LogP) is 1.16. The highest BCUT2D eigenvalue weighted by Gasteiger charge is 2.59. The van der Waals surface area contributed by atoms with Crippen LogP contribution in [0.15, 0.2) is 36.0 Å². The van der Waals surface area contributed by atoms with Crippen LogP contribution >= 0.6 is 11.6 Å². The molecule has 1 aromatic rings. The Bertz CT molecular complexity index is 835. The number of halogens is 1. The maximum Gasteiger partial charge on any atom is 0.355 e. The fraction of sp³-hybridized carbons (Fsp3) is 0.294. The second kappa shape index (κ2) is 6.45. The van der Waals surface area contributed by atoms with Gasteiger partial charge in [0.1, 0.15) is 5.70 Å². The van der Waals surface area contributed by atoms with Gasteiger partial charge in [-0.2, -0.15) is 0 Å². The number of nitrogens with one attached hydrogen (secondary N) is 1. The standard InChI is InChI=1S/C17H16ClN3O5/c1-3-26-15(24)13-8-17(21(19-13)10(2)22)9-14(23)20(16(17)25)12-6-4-11(18)5-7-12/h4-8,19H,3,9H2,1-2H3/t17-/m1/s1. The molecule has 2 aliphatic rings. The number of carbonyl (C=O) groups is 4. The van der Waals surface area contributed by atoms with Gasteiger partial charge in [0, 0.05) is 11.9 Å². The molecule has 0 saturated carbocycles. The van der Waals surface area contributed by atoms with E-state index in [0.29, 0.717) is 10.7 Å². The Kier molecular flexibility index (Phi) is 4.45. The van der Waals surface area contributed by atoms with Crippen LogP contribution in [-0.4, -0.2) is 40.8 Å². The largest absolute Gasteiger partial charge is 0.461 e. The van der Waals surface area contributed by atoms with Crippen LogP contribution in [0.5, 0.6) is 0 Å². The zero-order valence-corrected chi connectivity index (χ0v) is 14.9. The van der Waals surface area contributed by atoms with Crippen molar-refractivity contribution in [2.75, 3.05) is 11.5 Å². The quantitative estimate of drug-likeness (QED) is 0.627. The highest BCUT2D eigenvalue weighted by atomic mass is 35.5. The molecule has 2 heterocycles. The van der Waals surface area contributed by atoms with E-state index >= 15 is 0 Å². The van der Waals surface area contributed by atoms with Gasteiger partial charge in [-0.15, -0.1) is 0 Å². The Morgan fingerprint density at radius 2 is 1.92 bits per heavy atom. The number of amides is 3. The van der Waals surface area contributed by atoms with E-state index in [9.17, 15) is 19.2 Å². The number of benzene rings is 1. The average Bonchev–Trinajstić information content (AvgIpc) is 3.08. The van der Waals surface area contributed by atoms with E-state index in [1.807, 2.05) is 0 Å². The van der Waals surface area contributed by atoms with Gasteiger partial charge in [-0.05, 0) is 37.3 Å². The van der Waals surface area contributed by atoms with Crippen LogP contribution in [0.1, 0.15) is 20.3 Å². The molecule has 1 fully saturated rings. The molecule has 1 aromatic carbocycles. The molecule has 1 N–H and O–H groups in total. The highest BCUT2D eigenvalue weighted by Crippen LogP contribution is 2.38. The van der Waals surface area contributed by atoms with E-state index in [0.717, 1.165) is 9.91 Å². The van der Waals surface area contributed by atoms with Crippen LogP contribution in [0, 0.1) is 0 Å². The monoisotopic (exact) mass is 377 g/mol. The smallest absolute Gasteiger partial charge is 0.355 e. The fourth-order valence-corrected chi connectivity index (χ4v) is 3.19. The van der Waals surface area contributed by atoms with Crippen molar-refractivity contribution in [1.82, 2.24) is 10.4 Å². The van der Waals surface area contributed by atoms with Crippen molar-refractivity contribution in [3.8, 4) is 0 Å². The Labute approximate surface area is 154 Å². The lowest BCUT2D eigenvalue weighted by Crippen LogP contribution is -2.56. The number of esters is 1. The summed E-state index contributed by atoms with van der Waals surface area (Å²) >= 11 is 5.85. The number of rotatable bonds is 3. The number of hydrogen-bond donors (Lipinski definition) is 1. The molecule has 0 radical (unpaired) electrons. The van der Waals surface area contributed by atoms with Gasteiger partial charge in [0.25, 0.3) is 5.91 Å². The molecule has 0 unspecified atom stereocenters.